The number of ether oxygens (including phenoxy) is 2. The molecule has 0 saturated heterocycles. The molecule has 0 aliphatic heterocycles. The summed E-state index contributed by atoms with van der Waals surface area (Å²) in [5.41, 5.74) is 0.665. The molecule has 0 heterocycles. The standard InChI is InChI=1S/C20H23N3O6/c1-14(20(25)21-2)22(12-15-7-5-4-6-8-15)19(24)13-29-16-9-10-17(23(26)27)18(11-16)28-3/h4-11,14H,12-13H2,1-3H3,(H,21,25)/t14-/m1/s1. The van der Waals surface area contributed by atoms with Crippen LogP contribution in [0.15, 0.2) is 48.5 Å². The molecule has 0 radical (unpaired) electrons. The van der Waals surface area contributed by atoms with Crippen LogP contribution in [0.2, 0.25) is 0 Å². The van der Waals surface area contributed by atoms with Crippen molar-refractivity contribution in [2.24, 2.45) is 0 Å². The van der Waals surface area contributed by atoms with E-state index in [0.29, 0.717) is 0 Å². The fourth-order valence-corrected chi connectivity index (χ4v) is 2.70. The van der Waals surface area contributed by atoms with Crippen LogP contribution in [-0.4, -0.2) is 48.4 Å². The first-order valence-corrected chi connectivity index (χ1v) is 8.87. The molecule has 1 atom stereocenters. The lowest BCUT2D eigenvalue weighted by Gasteiger charge is -2.28. The second-order valence-electron chi connectivity index (χ2n) is 6.18. The van der Waals surface area contributed by atoms with Gasteiger partial charge in [0, 0.05) is 25.7 Å². The Morgan fingerprint density at radius 2 is 1.90 bits per heavy atom. The van der Waals surface area contributed by atoms with Gasteiger partial charge in [0.05, 0.1) is 12.0 Å². The molecule has 0 spiro atoms. The number of hydrogen-bond acceptors (Lipinski definition) is 6. The second kappa shape index (κ2) is 10.1. The van der Waals surface area contributed by atoms with Crippen molar-refractivity contribution in [2.45, 2.75) is 19.5 Å². The topological polar surface area (TPSA) is 111 Å². The minimum absolute atomic E-state index is 0.0276. The maximum absolute atomic E-state index is 12.8. The Balaban J connectivity index is 2.14. The van der Waals surface area contributed by atoms with Gasteiger partial charge in [-0.25, -0.2) is 0 Å². The summed E-state index contributed by atoms with van der Waals surface area (Å²) in [6.45, 7) is 1.53. The van der Waals surface area contributed by atoms with Crippen molar-refractivity contribution >= 4 is 17.5 Å². The summed E-state index contributed by atoms with van der Waals surface area (Å²) in [6, 6.07) is 12.5. The predicted octanol–water partition coefficient (Wildman–Crippen LogP) is 2.15. The minimum atomic E-state index is -0.706. The minimum Gasteiger partial charge on any atom is -0.490 e. The first-order valence-electron chi connectivity index (χ1n) is 8.87. The number of rotatable bonds is 9. The number of nitro groups is 1. The lowest BCUT2D eigenvalue weighted by molar-refractivity contribution is -0.385. The average Bonchev–Trinajstić information content (AvgIpc) is 2.75. The average molecular weight is 401 g/mol. The normalized spacial score (nSPS) is 11.3. The highest BCUT2D eigenvalue weighted by Crippen LogP contribution is 2.30. The summed E-state index contributed by atoms with van der Waals surface area (Å²) in [7, 11) is 2.81. The molecule has 0 saturated carbocycles. The van der Waals surface area contributed by atoms with Crippen LogP contribution in [0.25, 0.3) is 0 Å². The van der Waals surface area contributed by atoms with Gasteiger partial charge in [-0.05, 0) is 18.6 Å². The van der Waals surface area contributed by atoms with Gasteiger partial charge in [0.1, 0.15) is 11.8 Å². The van der Waals surface area contributed by atoms with Crippen LogP contribution in [0.1, 0.15) is 12.5 Å². The van der Waals surface area contributed by atoms with Gasteiger partial charge in [-0.3, -0.25) is 19.7 Å². The van der Waals surface area contributed by atoms with Crippen LogP contribution >= 0.6 is 0 Å². The summed E-state index contributed by atoms with van der Waals surface area (Å²) >= 11 is 0. The Bertz CT molecular complexity index is 872. The molecule has 9 nitrogen and oxygen atoms in total. The van der Waals surface area contributed by atoms with E-state index in [1.165, 1.54) is 37.3 Å². The Morgan fingerprint density at radius 3 is 2.48 bits per heavy atom. The number of amides is 2. The van der Waals surface area contributed by atoms with Gasteiger partial charge in [-0.1, -0.05) is 30.3 Å². The van der Waals surface area contributed by atoms with Crippen molar-refractivity contribution in [3.05, 3.63) is 64.2 Å². The third-order valence-corrected chi connectivity index (χ3v) is 4.32. The highest BCUT2D eigenvalue weighted by molar-refractivity contribution is 5.87. The fourth-order valence-electron chi connectivity index (χ4n) is 2.70. The first-order chi connectivity index (χ1) is 13.9. The molecule has 2 aromatic rings. The Kier molecular flexibility index (Phi) is 7.53. The molecule has 9 heteroatoms. The number of hydrogen-bond donors (Lipinski definition) is 1. The number of methoxy groups -OCH3 is 1. The van der Waals surface area contributed by atoms with Gasteiger partial charge in [0.2, 0.25) is 11.7 Å². The molecule has 0 unspecified atom stereocenters. The summed E-state index contributed by atoms with van der Waals surface area (Å²) in [4.78, 5) is 36.7. The molecule has 0 aromatic heterocycles. The highest BCUT2D eigenvalue weighted by Gasteiger charge is 2.26. The largest absolute Gasteiger partial charge is 0.490 e. The van der Waals surface area contributed by atoms with Crippen LogP contribution in [0.4, 0.5) is 5.69 Å². The van der Waals surface area contributed by atoms with E-state index in [1.54, 1.807) is 6.92 Å². The second-order valence-corrected chi connectivity index (χ2v) is 6.18. The van der Waals surface area contributed by atoms with Gasteiger partial charge in [0.15, 0.2) is 6.61 Å². The number of benzene rings is 2. The molecule has 0 aliphatic carbocycles. The number of nitrogens with zero attached hydrogens (tertiary/aromatic N) is 2. The molecule has 2 aromatic carbocycles. The van der Waals surface area contributed by atoms with Crippen LogP contribution in [0.5, 0.6) is 11.5 Å². The zero-order chi connectivity index (χ0) is 21.4. The zero-order valence-electron chi connectivity index (χ0n) is 16.5. The number of carbonyl (C=O) groups is 2. The number of nitrogens with one attached hydrogen (secondary N) is 1. The lowest BCUT2D eigenvalue weighted by atomic mass is 10.1. The molecule has 29 heavy (non-hydrogen) atoms. The van der Waals surface area contributed by atoms with Crippen molar-refractivity contribution in [1.82, 2.24) is 10.2 Å². The third kappa shape index (κ3) is 5.68. The Hall–Kier alpha value is -3.62. The fraction of sp³-hybridized carbons (Fsp3) is 0.300. The van der Waals surface area contributed by atoms with Crippen molar-refractivity contribution in [3.8, 4) is 11.5 Å². The van der Waals surface area contributed by atoms with Crippen LogP contribution in [0, 0.1) is 10.1 Å². The lowest BCUT2D eigenvalue weighted by Crippen LogP contribution is -2.48. The van der Waals surface area contributed by atoms with Crippen LogP contribution < -0.4 is 14.8 Å². The summed E-state index contributed by atoms with van der Waals surface area (Å²) in [6.07, 6.45) is 0. The van der Waals surface area contributed by atoms with Crippen molar-refractivity contribution < 1.29 is 24.0 Å². The van der Waals surface area contributed by atoms with E-state index in [-0.39, 0.29) is 36.2 Å². The molecule has 0 aliphatic rings. The van der Waals surface area contributed by atoms with E-state index in [9.17, 15) is 19.7 Å². The predicted molar refractivity (Wildman–Crippen MR) is 106 cm³/mol. The summed E-state index contributed by atoms with van der Waals surface area (Å²) in [5.74, 6) is -0.429. The first kappa shape index (κ1) is 21.7. The van der Waals surface area contributed by atoms with E-state index >= 15 is 0 Å². The summed E-state index contributed by atoms with van der Waals surface area (Å²) in [5, 5.41) is 13.5. The van der Waals surface area contributed by atoms with Crippen LogP contribution in [-0.2, 0) is 16.1 Å². The van der Waals surface area contributed by atoms with Gasteiger partial charge in [-0.15, -0.1) is 0 Å². The van der Waals surface area contributed by atoms with Gasteiger partial charge >= 0.3 is 5.69 Å². The maximum atomic E-state index is 12.8. The molecule has 2 rings (SSSR count). The van der Waals surface area contributed by atoms with Crippen molar-refractivity contribution in [2.75, 3.05) is 20.8 Å². The SMILES string of the molecule is CNC(=O)[C@@H](C)N(Cc1ccccc1)C(=O)COc1ccc([N+](=O)[O-])c(OC)c1. The van der Waals surface area contributed by atoms with E-state index < -0.39 is 16.9 Å². The number of nitro benzene ring substituents is 1. The van der Waals surface area contributed by atoms with Gasteiger partial charge in [0.25, 0.3) is 5.91 Å². The molecular weight excluding hydrogens is 378 g/mol. The van der Waals surface area contributed by atoms with E-state index in [0.717, 1.165) is 5.56 Å². The molecule has 0 fully saturated rings. The zero-order valence-corrected chi connectivity index (χ0v) is 16.5. The molecule has 2 amide bonds. The number of likely N-dealkylation sites (N-methyl/N-ethyl adjacent to an activating group) is 1. The smallest absolute Gasteiger partial charge is 0.311 e. The van der Waals surface area contributed by atoms with E-state index in [1.807, 2.05) is 30.3 Å². The monoisotopic (exact) mass is 401 g/mol. The van der Waals surface area contributed by atoms with Crippen molar-refractivity contribution in [1.29, 1.82) is 0 Å². The quantitative estimate of drug-likeness (QED) is 0.509. The molecule has 1 N–H and O–H groups in total. The number of carbonyl (C=O) groups excluding carboxylic acids is 2. The maximum Gasteiger partial charge on any atom is 0.311 e. The highest BCUT2D eigenvalue weighted by atomic mass is 16.6. The van der Waals surface area contributed by atoms with Gasteiger partial charge < -0.3 is 19.7 Å². The van der Waals surface area contributed by atoms with Crippen LogP contribution in [0.3, 0.4) is 0 Å². The van der Waals surface area contributed by atoms with E-state index in [4.69, 9.17) is 9.47 Å². The molecular formula is C20H23N3O6. The summed E-state index contributed by atoms with van der Waals surface area (Å²) < 4.78 is 10.5. The molecule has 154 valence electrons. The van der Waals surface area contributed by atoms with E-state index in [2.05, 4.69) is 5.32 Å². The Labute approximate surface area is 168 Å². The third-order valence-electron chi connectivity index (χ3n) is 4.32. The Morgan fingerprint density at radius 1 is 1.21 bits per heavy atom. The van der Waals surface area contributed by atoms with Gasteiger partial charge in [-0.2, -0.15) is 0 Å². The van der Waals surface area contributed by atoms with Crippen molar-refractivity contribution in [3.63, 3.8) is 0 Å². The molecule has 0 bridgehead atoms.